The maximum Gasteiger partial charge on any atom is 0.237 e. The number of hydrogen-bond donors (Lipinski definition) is 1. The monoisotopic (exact) mass is 320 g/mol. The number of rotatable bonds is 3. The molecule has 1 aliphatic heterocycles. The second-order valence-corrected chi connectivity index (χ2v) is 5.26. The minimum atomic E-state index is -0.0726. The molecule has 0 atom stereocenters. The standard InChI is InChI=1S/C15H14ClFN4O/c16-8-15(22)21-5-2-10(3-6-21)13-7-11-12(20-17)1-4-18-14(11)9-19-13/h1-2,4,7,9H,3,5-6,8H2,(H,18,20). The Morgan fingerprint density at radius 1 is 1.45 bits per heavy atom. The van der Waals surface area contributed by atoms with Gasteiger partial charge in [0.2, 0.25) is 5.91 Å². The number of nitrogens with one attached hydrogen (secondary N) is 1. The van der Waals surface area contributed by atoms with Gasteiger partial charge in [0, 0.05) is 24.7 Å². The topological polar surface area (TPSA) is 58.1 Å². The molecule has 1 amide bonds. The van der Waals surface area contributed by atoms with Gasteiger partial charge in [-0.05, 0) is 24.1 Å². The molecule has 114 valence electrons. The maximum absolute atomic E-state index is 12.8. The van der Waals surface area contributed by atoms with E-state index in [1.165, 1.54) is 6.20 Å². The zero-order valence-corrected chi connectivity index (χ0v) is 12.5. The van der Waals surface area contributed by atoms with E-state index in [-0.39, 0.29) is 11.8 Å². The van der Waals surface area contributed by atoms with Crippen LogP contribution in [0.3, 0.4) is 0 Å². The first-order valence-corrected chi connectivity index (χ1v) is 7.41. The van der Waals surface area contributed by atoms with Gasteiger partial charge in [0.1, 0.15) is 5.88 Å². The normalized spacial score (nSPS) is 14.8. The minimum Gasteiger partial charge on any atom is -0.338 e. The van der Waals surface area contributed by atoms with Crippen molar-refractivity contribution in [3.05, 3.63) is 36.3 Å². The lowest BCUT2D eigenvalue weighted by Gasteiger charge is -2.25. The lowest BCUT2D eigenvalue weighted by Crippen LogP contribution is -2.35. The van der Waals surface area contributed by atoms with Crippen molar-refractivity contribution < 1.29 is 9.28 Å². The first kappa shape index (κ1) is 14.7. The molecule has 0 saturated heterocycles. The summed E-state index contributed by atoms with van der Waals surface area (Å²) in [5.41, 5.74) is 4.48. The van der Waals surface area contributed by atoms with Crippen molar-refractivity contribution in [2.24, 2.45) is 0 Å². The van der Waals surface area contributed by atoms with Crippen molar-refractivity contribution in [3.8, 4) is 0 Å². The molecule has 0 saturated carbocycles. The highest BCUT2D eigenvalue weighted by Crippen LogP contribution is 2.27. The summed E-state index contributed by atoms with van der Waals surface area (Å²) in [6, 6.07) is 3.39. The summed E-state index contributed by atoms with van der Waals surface area (Å²) in [4.78, 5) is 21.8. The van der Waals surface area contributed by atoms with E-state index in [2.05, 4.69) is 9.97 Å². The van der Waals surface area contributed by atoms with Crippen LogP contribution in [0.25, 0.3) is 16.5 Å². The smallest absolute Gasteiger partial charge is 0.237 e. The average molecular weight is 321 g/mol. The number of pyridine rings is 2. The number of carbonyl (C=O) groups is 1. The number of fused-ring (bicyclic) bond motifs is 1. The molecule has 0 fully saturated rings. The molecule has 22 heavy (non-hydrogen) atoms. The number of anilines is 1. The van der Waals surface area contributed by atoms with E-state index in [1.54, 1.807) is 22.7 Å². The molecule has 1 aliphatic rings. The van der Waals surface area contributed by atoms with Gasteiger partial charge in [-0.3, -0.25) is 14.8 Å². The largest absolute Gasteiger partial charge is 0.338 e. The Bertz CT molecular complexity index is 749. The first-order valence-electron chi connectivity index (χ1n) is 6.87. The third-order valence-electron chi connectivity index (χ3n) is 3.73. The summed E-state index contributed by atoms with van der Waals surface area (Å²) in [6.45, 7) is 1.13. The molecule has 0 spiro atoms. The van der Waals surface area contributed by atoms with E-state index in [0.717, 1.165) is 11.3 Å². The van der Waals surface area contributed by atoms with Crippen molar-refractivity contribution in [2.75, 3.05) is 24.5 Å². The number of hydrogen-bond acceptors (Lipinski definition) is 4. The molecular weight excluding hydrogens is 307 g/mol. The van der Waals surface area contributed by atoms with Crippen LogP contribution < -0.4 is 5.54 Å². The van der Waals surface area contributed by atoms with Crippen LogP contribution >= 0.6 is 11.6 Å². The summed E-state index contributed by atoms with van der Waals surface area (Å²) in [5, 5.41) is 0.676. The van der Waals surface area contributed by atoms with Crippen molar-refractivity contribution in [1.29, 1.82) is 0 Å². The van der Waals surface area contributed by atoms with Gasteiger partial charge in [-0.15, -0.1) is 16.1 Å². The van der Waals surface area contributed by atoms with Gasteiger partial charge >= 0.3 is 0 Å². The van der Waals surface area contributed by atoms with E-state index < -0.39 is 0 Å². The summed E-state index contributed by atoms with van der Waals surface area (Å²) >= 11 is 5.56. The van der Waals surface area contributed by atoms with Crippen LogP contribution in [0.4, 0.5) is 10.2 Å². The fraction of sp³-hybridized carbons (Fsp3) is 0.267. The molecule has 0 unspecified atom stereocenters. The lowest BCUT2D eigenvalue weighted by molar-refractivity contribution is -0.128. The third-order valence-corrected chi connectivity index (χ3v) is 3.96. The predicted octanol–water partition coefficient (Wildman–Crippen LogP) is 2.78. The minimum absolute atomic E-state index is 0.00536. The Kier molecular flexibility index (Phi) is 4.20. The van der Waals surface area contributed by atoms with Gasteiger partial charge in [0.25, 0.3) is 0 Å². The van der Waals surface area contributed by atoms with E-state index in [1.807, 2.05) is 12.1 Å². The highest BCUT2D eigenvalue weighted by Gasteiger charge is 2.18. The van der Waals surface area contributed by atoms with Crippen molar-refractivity contribution >= 4 is 39.7 Å². The number of aromatic nitrogens is 2. The van der Waals surface area contributed by atoms with Crippen LogP contribution in [-0.2, 0) is 4.79 Å². The van der Waals surface area contributed by atoms with Gasteiger partial charge in [0.05, 0.1) is 23.1 Å². The van der Waals surface area contributed by atoms with Crippen molar-refractivity contribution in [3.63, 3.8) is 0 Å². The van der Waals surface area contributed by atoms with Crippen LogP contribution in [0.2, 0.25) is 0 Å². The highest BCUT2D eigenvalue weighted by molar-refractivity contribution is 6.27. The Hall–Kier alpha value is -2.21. The zero-order valence-electron chi connectivity index (χ0n) is 11.7. The van der Waals surface area contributed by atoms with Crippen LogP contribution in [0.1, 0.15) is 12.1 Å². The van der Waals surface area contributed by atoms with E-state index >= 15 is 0 Å². The van der Waals surface area contributed by atoms with E-state index in [0.29, 0.717) is 36.1 Å². The van der Waals surface area contributed by atoms with Gasteiger partial charge < -0.3 is 4.90 Å². The molecule has 5 nitrogen and oxygen atoms in total. The number of alkyl halides is 1. The molecule has 0 aliphatic carbocycles. The van der Waals surface area contributed by atoms with Crippen molar-refractivity contribution in [1.82, 2.24) is 14.9 Å². The predicted molar refractivity (Wildman–Crippen MR) is 84.2 cm³/mol. The summed E-state index contributed by atoms with van der Waals surface area (Å²) in [7, 11) is 0. The highest BCUT2D eigenvalue weighted by atomic mass is 35.5. The molecule has 3 heterocycles. The zero-order chi connectivity index (χ0) is 15.5. The van der Waals surface area contributed by atoms with Crippen LogP contribution in [-0.4, -0.2) is 39.7 Å². The number of halogens is 2. The number of carbonyl (C=O) groups excluding carboxylic acids is 1. The molecule has 0 bridgehead atoms. The van der Waals surface area contributed by atoms with Crippen molar-refractivity contribution in [2.45, 2.75) is 6.42 Å². The summed E-state index contributed by atoms with van der Waals surface area (Å²) in [5.74, 6) is -0.0780. The lowest BCUT2D eigenvalue weighted by atomic mass is 10.0. The molecule has 7 heteroatoms. The quantitative estimate of drug-likeness (QED) is 0.698. The fourth-order valence-electron chi connectivity index (χ4n) is 2.52. The SMILES string of the molecule is O=C(CCl)N1CC=C(c2cc3c(NF)ccnc3cn2)CC1. The van der Waals surface area contributed by atoms with Gasteiger partial charge in [-0.2, -0.15) is 0 Å². The molecule has 2 aromatic rings. The second kappa shape index (κ2) is 6.27. The summed E-state index contributed by atoms with van der Waals surface area (Å²) in [6.07, 6.45) is 5.81. The molecular formula is C15H14ClFN4O. The first-order chi connectivity index (χ1) is 10.7. The number of amides is 1. The molecule has 2 aromatic heterocycles. The Balaban J connectivity index is 1.91. The van der Waals surface area contributed by atoms with Crippen LogP contribution in [0.5, 0.6) is 0 Å². The maximum atomic E-state index is 12.8. The molecule has 3 rings (SSSR count). The van der Waals surface area contributed by atoms with Gasteiger partial charge in [0.15, 0.2) is 0 Å². The third kappa shape index (κ3) is 2.74. The molecule has 0 aromatic carbocycles. The average Bonchev–Trinajstić information content (AvgIpc) is 2.60. The Morgan fingerprint density at radius 3 is 3.00 bits per heavy atom. The fourth-order valence-corrected chi connectivity index (χ4v) is 2.69. The van der Waals surface area contributed by atoms with Gasteiger partial charge in [-0.1, -0.05) is 6.08 Å². The van der Waals surface area contributed by atoms with Crippen LogP contribution in [0, 0.1) is 0 Å². The Morgan fingerprint density at radius 2 is 2.32 bits per heavy atom. The second-order valence-electron chi connectivity index (χ2n) is 4.99. The molecule has 1 N–H and O–H groups in total. The molecule has 0 radical (unpaired) electrons. The Labute approximate surface area is 131 Å². The van der Waals surface area contributed by atoms with Crippen LogP contribution in [0.15, 0.2) is 30.6 Å². The van der Waals surface area contributed by atoms with Gasteiger partial charge in [-0.25, -0.2) is 5.54 Å². The van der Waals surface area contributed by atoms with E-state index in [9.17, 15) is 9.28 Å². The number of nitrogens with zero attached hydrogens (tertiary/aromatic N) is 3. The summed E-state index contributed by atoms with van der Waals surface area (Å²) < 4.78 is 12.8. The van der Waals surface area contributed by atoms with E-state index in [4.69, 9.17) is 11.6 Å².